The third kappa shape index (κ3) is 5.08. The van der Waals surface area contributed by atoms with E-state index in [1.54, 1.807) is 12.1 Å². The number of nitrogens with two attached hydrogens (primary N) is 1. The quantitative estimate of drug-likeness (QED) is 0.742. The summed E-state index contributed by atoms with van der Waals surface area (Å²) in [6.07, 6.45) is 7.48. The van der Waals surface area contributed by atoms with Gasteiger partial charge in [-0.1, -0.05) is 31.7 Å². The molecule has 5 nitrogen and oxygen atoms in total. The van der Waals surface area contributed by atoms with Crippen LogP contribution in [-0.2, 0) is 10.2 Å². The topological polar surface area (TPSA) is 84.2 Å². The molecule has 2 rings (SSSR count). The van der Waals surface area contributed by atoms with Crippen molar-refractivity contribution in [2.24, 2.45) is 5.14 Å². The van der Waals surface area contributed by atoms with Gasteiger partial charge in [0.2, 0.25) is 0 Å². The summed E-state index contributed by atoms with van der Waals surface area (Å²) in [6, 6.07) is 7.69. The lowest BCUT2D eigenvalue weighted by molar-refractivity contribution is 0.603. The Morgan fingerprint density at radius 2 is 1.68 bits per heavy atom. The first-order valence-electron chi connectivity index (χ1n) is 6.70. The van der Waals surface area contributed by atoms with Crippen LogP contribution in [0.4, 0.5) is 11.4 Å². The Balaban J connectivity index is 2.01. The molecule has 1 fully saturated rings. The van der Waals surface area contributed by atoms with Gasteiger partial charge in [0.05, 0.1) is 5.69 Å². The monoisotopic (exact) mass is 283 g/mol. The van der Waals surface area contributed by atoms with Gasteiger partial charge < -0.3 is 5.32 Å². The fraction of sp³-hybridized carbons (Fsp3) is 0.538. The molecule has 0 aliphatic heterocycles. The van der Waals surface area contributed by atoms with Crippen LogP contribution in [0.5, 0.6) is 0 Å². The molecule has 4 N–H and O–H groups in total. The fourth-order valence-electron chi connectivity index (χ4n) is 2.50. The zero-order chi connectivity index (χ0) is 13.7. The van der Waals surface area contributed by atoms with E-state index in [1.807, 2.05) is 12.1 Å². The minimum atomic E-state index is -3.71. The average Bonchev–Trinajstić information content (AvgIpc) is 2.56. The largest absolute Gasteiger partial charge is 0.382 e. The minimum absolute atomic E-state index is 0.479. The standard InChI is InChI=1S/C13H21N3O2S/c14-19(17,18)16-13-9-5-8-12(10-13)15-11-6-3-1-2-4-7-11/h5,8-11,15-16H,1-4,6-7H2,(H2,14,17,18). The number of anilines is 2. The summed E-state index contributed by atoms with van der Waals surface area (Å²) < 4.78 is 24.3. The first-order chi connectivity index (χ1) is 9.03. The third-order valence-corrected chi connectivity index (χ3v) is 3.87. The number of hydrogen-bond donors (Lipinski definition) is 3. The van der Waals surface area contributed by atoms with E-state index in [0.717, 1.165) is 5.69 Å². The maximum atomic E-state index is 11.0. The Hall–Kier alpha value is -1.27. The van der Waals surface area contributed by atoms with Crippen LogP contribution in [0.2, 0.25) is 0 Å². The molecule has 0 heterocycles. The van der Waals surface area contributed by atoms with E-state index in [0.29, 0.717) is 11.7 Å². The van der Waals surface area contributed by atoms with Crippen molar-refractivity contribution in [3.05, 3.63) is 24.3 Å². The van der Waals surface area contributed by atoms with Crippen molar-refractivity contribution in [3.63, 3.8) is 0 Å². The molecule has 106 valence electrons. The molecule has 0 atom stereocenters. The summed E-state index contributed by atoms with van der Waals surface area (Å²) in [5.41, 5.74) is 1.42. The van der Waals surface area contributed by atoms with Gasteiger partial charge >= 0.3 is 0 Å². The first kappa shape index (κ1) is 14.1. The van der Waals surface area contributed by atoms with Gasteiger partial charge in [0, 0.05) is 11.7 Å². The van der Waals surface area contributed by atoms with Gasteiger partial charge in [0.15, 0.2) is 0 Å². The van der Waals surface area contributed by atoms with E-state index in [-0.39, 0.29) is 0 Å². The Labute approximate surface area is 114 Å². The van der Waals surface area contributed by atoms with Crippen LogP contribution in [0.3, 0.4) is 0 Å². The van der Waals surface area contributed by atoms with Crippen LogP contribution in [0.1, 0.15) is 38.5 Å². The van der Waals surface area contributed by atoms with Crippen molar-refractivity contribution in [1.82, 2.24) is 0 Å². The molecule has 1 aliphatic carbocycles. The van der Waals surface area contributed by atoms with Gasteiger partial charge in [-0.15, -0.1) is 0 Å². The molecule has 1 aliphatic rings. The molecule has 0 unspecified atom stereocenters. The lowest BCUT2D eigenvalue weighted by Crippen LogP contribution is -2.22. The second-order valence-corrected chi connectivity index (χ2v) is 6.35. The minimum Gasteiger partial charge on any atom is -0.382 e. The molecule has 0 radical (unpaired) electrons. The second kappa shape index (κ2) is 6.25. The lowest BCUT2D eigenvalue weighted by atomic mass is 10.1. The zero-order valence-corrected chi connectivity index (χ0v) is 11.7. The van der Waals surface area contributed by atoms with Crippen molar-refractivity contribution < 1.29 is 8.42 Å². The molecule has 1 aromatic carbocycles. The number of hydrogen-bond acceptors (Lipinski definition) is 3. The molecule has 0 bridgehead atoms. The van der Waals surface area contributed by atoms with Crippen LogP contribution >= 0.6 is 0 Å². The Morgan fingerprint density at radius 1 is 1.05 bits per heavy atom. The summed E-state index contributed by atoms with van der Waals surface area (Å²) in [7, 11) is -3.71. The number of nitrogens with one attached hydrogen (secondary N) is 2. The molecule has 0 aromatic heterocycles. The normalized spacial score (nSPS) is 17.7. The predicted molar refractivity (Wildman–Crippen MR) is 78.3 cm³/mol. The molecular formula is C13H21N3O2S. The molecule has 0 spiro atoms. The maximum absolute atomic E-state index is 11.0. The van der Waals surface area contributed by atoms with E-state index < -0.39 is 10.2 Å². The smallest absolute Gasteiger partial charge is 0.296 e. The fourth-order valence-corrected chi connectivity index (χ4v) is 2.95. The molecule has 6 heteroatoms. The molecular weight excluding hydrogens is 262 g/mol. The van der Waals surface area contributed by atoms with Gasteiger partial charge in [-0.25, -0.2) is 5.14 Å². The van der Waals surface area contributed by atoms with Crippen LogP contribution in [0.25, 0.3) is 0 Å². The highest BCUT2D eigenvalue weighted by Crippen LogP contribution is 2.22. The van der Waals surface area contributed by atoms with E-state index in [1.165, 1.54) is 38.5 Å². The van der Waals surface area contributed by atoms with Crippen LogP contribution < -0.4 is 15.2 Å². The zero-order valence-electron chi connectivity index (χ0n) is 10.9. The summed E-state index contributed by atoms with van der Waals surface area (Å²) in [6.45, 7) is 0. The van der Waals surface area contributed by atoms with Crippen LogP contribution in [0.15, 0.2) is 24.3 Å². The third-order valence-electron chi connectivity index (χ3n) is 3.35. The van der Waals surface area contributed by atoms with Crippen molar-refractivity contribution in [2.45, 2.75) is 44.6 Å². The molecule has 0 saturated heterocycles. The Morgan fingerprint density at radius 3 is 2.32 bits per heavy atom. The number of rotatable bonds is 4. The van der Waals surface area contributed by atoms with Crippen molar-refractivity contribution in [3.8, 4) is 0 Å². The van der Waals surface area contributed by atoms with E-state index in [9.17, 15) is 8.42 Å². The summed E-state index contributed by atoms with van der Waals surface area (Å²) >= 11 is 0. The summed E-state index contributed by atoms with van der Waals surface area (Å²) in [4.78, 5) is 0. The Kier molecular flexibility index (Phi) is 4.66. The maximum Gasteiger partial charge on any atom is 0.296 e. The van der Waals surface area contributed by atoms with Gasteiger partial charge in [0.25, 0.3) is 10.2 Å². The summed E-state index contributed by atoms with van der Waals surface area (Å²) in [5, 5.41) is 8.43. The highest BCUT2D eigenvalue weighted by Gasteiger charge is 2.12. The van der Waals surface area contributed by atoms with Crippen molar-refractivity contribution in [1.29, 1.82) is 0 Å². The molecule has 0 amide bonds. The number of benzene rings is 1. The van der Waals surface area contributed by atoms with E-state index in [2.05, 4.69) is 10.0 Å². The van der Waals surface area contributed by atoms with Crippen molar-refractivity contribution in [2.75, 3.05) is 10.0 Å². The van der Waals surface area contributed by atoms with Crippen LogP contribution in [0, 0.1) is 0 Å². The second-order valence-electron chi connectivity index (χ2n) is 5.06. The average molecular weight is 283 g/mol. The van der Waals surface area contributed by atoms with Crippen molar-refractivity contribution >= 4 is 21.6 Å². The molecule has 1 saturated carbocycles. The van der Waals surface area contributed by atoms with E-state index in [4.69, 9.17) is 5.14 Å². The molecule has 1 aromatic rings. The van der Waals surface area contributed by atoms with Gasteiger partial charge in [-0.2, -0.15) is 8.42 Å². The van der Waals surface area contributed by atoms with Crippen LogP contribution in [-0.4, -0.2) is 14.5 Å². The van der Waals surface area contributed by atoms with Gasteiger partial charge in [-0.3, -0.25) is 4.72 Å². The molecule has 19 heavy (non-hydrogen) atoms. The van der Waals surface area contributed by atoms with Gasteiger partial charge in [-0.05, 0) is 31.0 Å². The highest BCUT2D eigenvalue weighted by atomic mass is 32.2. The predicted octanol–water partition coefficient (Wildman–Crippen LogP) is 2.44. The van der Waals surface area contributed by atoms with E-state index >= 15 is 0 Å². The van der Waals surface area contributed by atoms with Gasteiger partial charge in [0.1, 0.15) is 0 Å². The highest BCUT2D eigenvalue weighted by molar-refractivity contribution is 7.90. The lowest BCUT2D eigenvalue weighted by Gasteiger charge is -2.18. The first-order valence-corrected chi connectivity index (χ1v) is 8.25. The SMILES string of the molecule is NS(=O)(=O)Nc1cccc(NC2CCCCCC2)c1. The summed E-state index contributed by atoms with van der Waals surface area (Å²) in [5.74, 6) is 0. The Bertz CT molecular complexity index is 508.